The van der Waals surface area contributed by atoms with E-state index in [9.17, 15) is 9.59 Å². The number of benzene rings is 2. The monoisotopic (exact) mass is 264 g/mol. The van der Waals surface area contributed by atoms with Gasteiger partial charge in [-0.2, -0.15) is 0 Å². The molecule has 100 valence electrons. The summed E-state index contributed by atoms with van der Waals surface area (Å²) in [5, 5.41) is 0. The van der Waals surface area contributed by atoms with Crippen LogP contribution in [0.2, 0.25) is 0 Å². The number of Topliss-reactive ketones (excluding diaryl/α,β-unsaturated/α-hetero) is 2. The zero-order chi connectivity index (χ0) is 14.4. The molecule has 0 N–H and O–H groups in total. The molecule has 2 aromatic rings. The van der Waals surface area contributed by atoms with Gasteiger partial charge < -0.3 is 0 Å². The maximum absolute atomic E-state index is 12.0. The van der Waals surface area contributed by atoms with E-state index in [1.807, 2.05) is 42.5 Å². The van der Waals surface area contributed by atoms with Crippen LogP contribution in [0.4, 0.5) is 0 Å². The molecule has 0 unspecified atom stereocenters. The lowest BCUT2D eigenvalue weighted by atomic mass is 10.0. The van der Waals surface area contributed by atoms with Gasteiger partial charge in [0.25, 0.3) is 0 Å². The second-order valence-electron chi connectivity index (χ2n) is 4.57. The maximum Gasteiger partial charge on any atom is 0.166 e. The van der Waals surface area contributed by atoms with Crippen LogP contribution >= 0.6 is 0 Å². The second-order valence-corrected chi connectivity index (χ2v) is 4.57. The van der Waals surface area contributed by atoms with Crippen LogP contribution < -0.4 is 0 Å². The van der Waals surface area contributed by atoms with Crippen molar-refractivity contribution in [3.05, 3.63) is 77.4 Å². The minimum absolute atomic E-state index is 0.00738. The van der Waals surface area contributed by atoms with Crippen molar-refractivity contribution in [2.45, 2.75) is 13.3 Å². The van der Waals surface area contributed by atoms with Crippen molar-refractivity contribution in [1.82, 2.24) is 0 Å². The van der Waals surface area contributed by atoms with E-state index in [1.54, 1.807) is 24.3 Å². The fourth-order valence-corrected chi connectivity index (χ4v) is 1.87. The molecular weight excluding hydrogens is 248 g/mol. The fourth-order valence-electron chi connectivity index (χ4n) is 1.87. The summed E-state index contributed by atoms with van der Waals surface area (Å²) >= 11 is 0. The first-order valence-corrected chi connectivity index (χ1v) is 6.52. The lowest BCUT2D eigenvalue weighted by Gasteiger charge is -1.99. The number of allylic oxidation sites excluding steroid dienone is 1. The highest BCUT2D eigenvalue weighted by atomic mass is 16.1. The Kier molecular flexibility index (Phi) is 4.61. The molecule has 0 aliphatic carbocycles. The molecule has 0 fully saturated rings. The fraction of sp³-hybridized carbons (Fsp3) is 0.111. The molecule has 0 saturated carbocycles. The third-order valence-electron chi connectivity index (χ3n) is 3.03. The third kappa shape index (κ3) is 3.75. The minimum atomic E-state index is 0.00738. The van der Waals surface area contributed by atoms with Gasteiger partial charge in [-0.1, -0.05) is 66.7 Å². The zero-order valence-corrected chi connectivity index (χ0v) is 11.4. The Morgan fingerprint density at radius 2 is 1.50 bits per heavy atom. The number of hydrogen-bond donors (Lipinski definition) is 0. The standard InChI is InChI=1S/C18H16O2/c1-14(19)16-10-12-17(13-11-16)18(20)9-5-8-15-6-3-2-4-7-15/h2-8,10-13H,9H2,1H3/b8-5+. The first-order chi connectivity index (χ1) is 9.66. The van der Waals surface area contributed by atoms with Crippen molar-refractivity contribution >= 4 is 17.6 Å². The Bertz CT molecular complexity index is 622. The summed E-state index contributed by atoms with van der Waals surface area (Å²) in [5.41, 5.74) is 2.33. The average molecular weight is 264 g/mol. The summed E-state index contributed by atoms with van der Waals surface area (Å²) in [4.78, 5) is 23.1. The van der Waals surface area contributed by atoms with Crippen molar-refractivity contribution in [3.8, 4) is 0 Å². The highest BCUT2D eigenvalue weighted by Crippen LogP contribution is 2.09. The van der Waals surface area contributed by atoms with Gasteiger partial charge in [0.05, 0.1) is 0 Å². The van der Waals surface area contributed by atoms with Crippen LogP contribution in [0.5, 0.6) is 0 Å². The van der Waals surface area contributed by atoms with E-state index in [0.717, 1.165) is 5.56 Å². The van der Waals surface area contributed by atoms with Crippen molar-refractivity contribution in [1.29, 1.82) is 0 Å². The van der Waals surface area contributed by atoms with E-state index in [-0.39, 0.29) is 11.6 Å². The van der Waals surface area contributed by atoms with Gasteiger partial charge in [0.2, 0.25) is 0 Å². The van der Waals surface area contributed by atoms with Crippen LogP contribution in [0, 0.1) is 0 Å². The Morgan fingerprint density at radius 3 is 2.10 bits per heavy atom. The average Bonchev–Trinajstić information content (AvgIpc) is 2.48. The van der Waals surface area contributed by atoms with Gasteiger partial charge in [-0.05, 0) is 12.5 Å². The predicted octanol–water partition coefficient (Wildman–Crippen LogP) is 4.18. The van der Waals surface area contributed by atoms with Crippen LogP contribution in [0.3, 0.4) is 0 Å². The minimum Gasteiger partial charge on any atom is -0.295 e. The van der Waals surface area contributed by atoms with Crippen molar-refractivity contribution in [3.63, 3.8) is 0 Å². The second kappa shape index (κ2) is 6.62. The SMILES string of the molecule is CC(=O)c1ccc(C(=O)C/C=C/c2ccccc2)cc1. The van der Waals surface area contributed by atoms with Crippen molar-refractivity contribution in [2.75, 3.05) is 0 Å². The Morgan fingerprint density at radius 1 is 0.900 bits per heavy atom. The zero-order valence-electron chi connectivity index (χ0n) is 11.4. The van der Waals surface area contributed by atoms with Crippen LogP contribution in [0.25, 0.3) is 6.08 Å². The van der Waals surface area contributed by atoms with Crippen LogP contribution in [-0.4, -0.2) is 11.6 Å². The van der Waals surface area contributed by atoms with Gasteiger partial charge in [-0.15, -0.1) is 0 Å². The summed E-state index contributed by atoms with van der Waals surface area (Å²) in [7, 11) is 0. The molecule has 2 rings (SSSR count). The molecule has 0 heterocycles. The molecule has 0 saturated heterocycles. The van der Waals surface area contributed by atoms with Gasteiger partial charge >= 0.3 is 0 Å². The van der Waals surface area contributed by atoms with Gasteiger partial charge in [0.1, 0.15) is 0 Å². The van der Waals surface area contributed by atoms with Crippen LogP contribution in [0.1, 0.15) is 39.6 Å². The number of carbonyl (C=O) groups is 2. The topological polar surface area (TPSA) is 34.1 Å². The van der Waals surface area contributed by atoms with E-state index in [0.29, 0.717) is 17.5 Å². The summed E-state index contributed by atoms with van der Waals surface area (Å²) in [6.45, 7) is 1.51. The van der Waals surface area contributed by atoms with E-state index in [1.165, 1.54) is 6.92 Å². The summed E-state index contributed by atoms with van der Waals surface area (Å²) in [6, 6.07) is 16.6. The van der Waals surface area contributed by atoms with Crippen LogP contribution in [-0.2, 0) is 0 Å². The summed E-state index contributed by atoms with van der Waals surface area (Å²) < 4.78 is 0. The Labute approximate surface area is 118 Å². The Balaban J connectivity index is 1.98. The van der Waals surface area contributed by atoms with E-state index in [2.05, 4.69) is 0 Å². The molecule has 2 nitrogen and oxygen atoms in total. The molecule has 0 aliphatic rings. The molecule has 0 aliphatic heterocycles. The molecule has 0 aromatic heterocycles. The molecule has 2 heteroatoms. The van der Waals surface area contributed by atoms with Crippen LogP contribution in [0.15, 0.2) is 60.7 Å². The third-order valence-corrected chi connectivity index (χ3v) is 3.03. The lowest BCUT2D eigenvalue weighted by Crippen LogP contribution is -1.98. The smallest absolute Gasteiger partial charge is 0.166 e. The van der Waals surface area contributed by atoms with Crippen molar-refractivity contribution < 1.29 is 9.59 Å². The molecule has 20 heavy (non-hydrogen) atoms. The highest BCUT2D eigenvalue weighted by molar-refractivity contribution is 5.99. The first kappa shape index (κ1) is 13.9. The number of carbonyl (C=O) groups excluding carboxylic acids is 2. The van der Waals surface area contributed by atoms with Gasteiger partial charge in [0, 0.05) is 17.5 Å². The van der Waals surface area contributed by atoms with Gasteiger partial charge in [-0.25, -0.2) is 0 Å². The first-order valence-electron chi connectivity index (χ1n) is 6.52. The quantitative estimate of drug-likeness (QED) is 0.759. The number of ketones is 2. The molecule has 0 radical (unpaired) electrons. The molecule has 0 amide bonds. The summed E-state index contributed by atoms with van der Waals surface area (Å²) in [5.74, 6) is 0.0558. The normalized spacial score (nSPS) is 10.7. The molecule has 0 spiro atoms. The largest absolute Gasteiger partial charge is 0.295 e. The molecule has 0 bridgehead atoms. The Hall–Kier alpha value is -2.48. The maximum atomic E-state index is 12.0. The van der Waals surface area contributed by atoms with Crippen molar-refractivity contribution in [2.24, 2.45) is 0 Å². The number of rotatable bonds is 5. The van der Waals surface area contributed by atoms with Gasteiger partial charge in [0.15, 0.2) is 11.6 Å². The molecule has 2 aromatic carbocycles. The summed E-state index contributed by atoms with van der Waals surface area (Å²) in [6.07, 6.45) is 4.15. The van der Waals surface area contributed by atoms with E-state index in [4.69, 9.17) is 0 Å². The molecule has 0 atom stereocenters. The van der Waals surface area contributed by atoms with E-state index < -0.39 is 0 Å². The van der Waals surface area contributed by atoms with E-state index >= 15 is 0 Å². The predicted molar refractivity (Wildman–Crippen MR) is 80.9 cm³/mol. The van der Waals surface area contributed by atoms with Gasteiger partial charge in [-0.3, -0.25) is 9.59 Å². The number of hydrogen-bond acceptors (Lipinski definition) is 2. The molecular formula is C18H16O2. The lowest BCUT2D eigenvalue weighted by molar-refractivity contribution is 0.0990. The highest BCUT2D eigenvalue weighted by Gasteiger charge is 2.05.